The smallest absolute Gasteiger partial charge is 0.484 e. The molecule has 0 bridgehead atoms. The highest BCUT2D eigenvalue weighted by atomic mass is 19.4. The number of piperidine rings is 1. The van der Waals surface area contributed by atoms with Gasteiger partial charge in [0.25, 0.3) is 5.91 Å². The van der Waals surface area contributed by atoms with Crippen LogP contribution in [0, 0.1) is 34.5 Å². The second-order valence-corrected chi connectivity index (χ2v) is 11.3. The first kappa shape index (κ1) is 26.1. The Morgan fingerprint density at radius 2 is 1.89 bits per heavy atom. The Hall–Kier alpha value is -3.49. The summed E-state index contributed by atoms with van der Waals surface area (Å²) in [7, 11) is 0. The lowest BCUT2D eigenvalue weighted by atomic mass is 9.95. The summed E-state index contributed by atoms with van der Waals surface area (Å²) in [6.45, 7) is 4.02. The van der Waals surface area contributed by atoms with Gasteiger partial charge < -0.3 is 25.0 Å². The molecule has 0 aromatic heterocycles. The number of benzene rings is 1. The number of carbonyl (C=O) groups is 3. The van der Waals surface area contributed by atoms with E-state index in [2.05, 4.69) is 21.4 Å². The molecule has 2 saturated carbocycles. The third kappa shape index (κ3) is 5.11. The van der Waals surface area contributed by atoms with Crippen molar-refractivity contribution in [3.63, 3.8) is 0 Å². The number of ether oxygens (including phenoxy) is 2. The minimum atomic E-state index is -4.81. The van der Waals surface area contributed by atoms with Gasteiger partial charge in [-0.3, -0.25) is 14.4 Å². The zero-order valence-corrected chi connectivity index (χ0v) is 21.0. The van der Waals surface area contributed by atoms with E-state index in [1.165, 1.54) is 17.0 Å². The van der Waals surface area contributed by atoms with Gasteiger partial charge in [0.15, 0.2) is 6.61 Å². The monoisotopic (exact) mass is 534 g/mol. The van der Waals surface area contributed by atoms with Crippen LogP contribution in [0.25, 0.3) is 0 Å². The quantitative estimate of drug-likeness (QED) is 0.529. The third-order valence-electron chi connectivity index (χ3n) is 8.46. The summed E-state index contributed by atoms with van der Waals surface area (Å²) in [4.78, 5) is 40.2. The van der Waals surface area contributed by atoms with Crippen LogP contribution in [-0.4, -0.2) is 59.8 Å². The molecule has 38 heavy (non-hydrogen) atoms. The zero-order valence-electron chi connectivity index (χ0n) is 21.0. The second kappa shape index (κ2) is 9.06. The van der Waals surface area contributed by atoms with E-state index in [1.807, 2.05) is 13.8 Å². The number of halogens is 3. The normalized spacial score (nSPS) is 28.6. The van der Waals surface area contributed by atoms with Crippen molar-refractivity contribution in [2.75, 3.05) is 13.2 Å². The maximum absolute atomic E-state index is 13.4. The molecule has 5 atom stereocenters. The number of likely N-dealkylation sites (tertiary alicyclic amines) is 1. The Balaban J connectivity index is 1.20. The van der Waals surface area contributed by atoms with E-state index in [4.69, 9.17) is 4.74 Å². The predicted molar refractivity (Wildman–Crippen MR) is 125 cm³/mol. The molecule has 4 aliphatic rings. The number of hydrogen-bond acceptors (Lipinski definition) is 6. The Bertz CT molecular complexity index is 1170. The molecule has 1 aromatic carbocycles. The van der Waals surface area contributed by atoms with Gasteiger partial charge in [0.05, 0.1) is 6.07 Å². The molecule has 4 fully saturated rings. The average molecular weight is 535 g/mol. The summed E-state index contributed by atoms with van der Waals surface area (Å²) in [5.74, 6) is -1.50. The fraction of sp³-hybridized carbons (Fsp3) is 0.615. The van der Waals surface area contributed by atoms with Crippen molar-refractivity contribution in [2.24, 2.45) is 23.2 Å². The van der Waals surface area contributed by atoms with Crippen molar-refractivity contribution in [1.82, 2.24) is 15.5 Å². The van der Waals surface area contributed by atoms with Crippen LogP contribution in [0.4, 0.5) is 13.2 Å². The first-order valence-corrected chi connectivity index (χ1v) is 12.6. The summed E-state index contributed by atoms with van der Waals surface area (Å²) in [6, 6.07) is 5.11. The van der Waals surface area contributed by atoms with E-state index in [9.17, 15) is 32.8 Å². The molecule has 0 radical (unpaired) electrons. The van der Waals surface area contributed by atoms with Crippen molar-refractivity contribution >= 4 is 17.7 Å². The number of nitrogens with one attached hydrogen (secondary N) is 2. The Morgan fingerprint density at radius 3 is 2.47 bits per heavy atom. The van der Waals surface area contributed by atoms with Gasteiger partial charge in [0.1, 0.15) is 23.6 Å². The number of nitrogens with zero attached hydrogens (tertiary/aromatic N) is 2. The van der Waals surface area contributed by atoms with Crippen LogP contribution in [0.2, 0.25) is 0 Å². The van der Waals surface area contributed by atoms with Gasteiger partial charge in [-0.1, -0.05) is 13.8 Å². The minimum Gasteiger partial charge on any atom is -0.484 e. The van der Waals surface area contributed by atoms with Gasteiger partial charge >= 0.3 is 6.36 Å². The summed E-state index contributed by atoms with van der Waals surface area (Å²) in [5.41, 5.74) is -0.267. The lowest BCUT2D eigenvalue weighted by Gasteiger charge is -2.30. The molecule has 2 N–H and O–H groups in total. The maximum Gasteiger partial charge on any atom is 0.573 e. The maximum atomic E-state index is 13.4. The largest absolute Gasteiger partial charge is 0.573 e. The molecule has 1 aromatic rings. The molecular formula is C26H29F3N4O5. The number of carbonyl (C=O) groups excluding carboxylic acids is 3. The fourth-order valence-electron chi connectivity index (χ4n) is 6.14. The van der Waals surface area contributed by atoms with E-state index in [0.717, 1.165) is 25.0 Å². The molecule has 2 aliphatic carbocycles. The zero-order chi connectivity index (χ0) is 27.5. The van der Waals surface area contributed by atoms with Crippen LogP contribution < -0.4 is 20.1 Å². The van der Waals surface area contributed by atoms with Crippen LogP contribution >= 0.6 is 0 Å². The molecule has 2 saturated heterocycles. The first-order valence-electron chi connectivity index (χ1n) is 12.6. The highest BCUT2D eigenvalue weighted by molar-refractivity contribution is 5.90. The molecule has 2 heterocycles. The summed E-state index contributed by atoms with van der Waals surface area (Å²) in [5, 5.41) is 15.4. The van der Waals surface area contributed by atoms with Crippen molar-refractivity contribution < 1.29 is 37.0 Å². The summed E-state index contributed by atoms with van der Waals surface area (Å²) < 4.78 is 46.3. The fourth-order valence-corrected chi connectivity index (χ4v) is 6.14. The van der Waals surface area contributed by atoms with E-state index in [-0.39, 0.29) is 46.8 Å². The van der Waals surface area contributed by atoms with E-state index in [1.54, 1.807) is 0 Å². The van der Waals surface area contributed by atoms with E-state index < -0.39 is 42.6 Å². The molecule has 9 nitrogen and oxygen atoms in total. The molecule has 2 aliphatic heterocycles. The molecule has 3 amide bonds. The van der Waals surface area contributed by atoms with Crippen molar-refractivity contribution in [3.05, 3.63) is 24.3 Å². The molecular weight excluding hydrogens is 505 g/mol. The number of nitriles is 1. The van der Waals surface area contributed by atoms with Crippen LogP contribution in [0.3, 0.4) is 0 Å². The van der Waals surface area contributed by atoms with Crippen molar-refractivity contribution in [2.45, 2.75) is 63.5 Å². The van der Waals surface area contributed by atoms with E-state index in [0.29, 0.717) is 13.0 Å². The predicted octanol–water partition coefficient (Wildman–Crippen LogP) is 2.51. The molecule has 1 spiro atoms. The molecule has 12 heteroatoms. The summed E-state index contributed by atoms with van der Waals surface area (Å²) in [6.07, 6.45) is -2.07. The third-order valence-corrected chi connectivity index (χ3v) is 8.46. The number of rotatable bonds is 8. The van der Waals surface area contributed by atoms with Gasteiger partial charge in [-0.05, 0) is 67.2 Å². The summed E-state index contributed by atoms with van der Waals surface area (Å²) >= 11 is 0. The van der Waals surface area contributed by atoms with Crippen LogP contribution in [-0.2, 0) is 14.4 Å². The second-order valence-electron chi connectivity index (χ2n) is 11.3. The number of fused-ring (bicyclic) bond motifs is 1. The highest BCUT2D eigenvalue weighted by Gasteiger charge is 2.69. The van der Waals surface area contributed by atoms with Gasteiger partial charge in [-0.25, -0.2) is 0 Å². The van der Waals surface area contributed by atoms with Crippen LogP contribution in [0.5, 0.6) is 11.5 Å². The standard InChI is InChI=1S/C26H29F3N4O5/c1-24(2)18-12-33(19(34)13-37-16-3-5-17(6-4-16)38-26(27,28)29)21(20(18)24)23(36)31-15(11-30)9-14-10-25(7-8-25)32-22(14)35/h3-6,14-15,18,20-21H,7-10,12-13H2,1-2H3,(H,31,36)(H,32,35)/t14-,15+,18+,20+,21+/m1/s1. The van der Waals surface area contributed by atoms with Crippen molar-refractivity contribution in [3.8, 4) is 17.6 Å². The lowest BCUT2D eigenvalue weighted by molar-refractivity contribution is -0.274. The Morgan fingerprint density at radius 1 is 1.24 bits per heavy atom. The van der Waals surface area contributed by atoms with Crippen LogP contribution in [0.1, 0.15) is 39.5 Å². The van der Waals surface area contributed by atoms with Gasteiger partial charge in [-0.2, -0.15) is 5.26 Å². The Labute approximate surface area is 217 Å². The van der Waals surface area contributed by atoms with Gasteiger partial charge in [0, 0.05) is 18.0 Å². The van der Waals surface area contributed by atoms with Gasteiger partial charge in [-0.15, -0.1) is 13.2 Å². The van der Waals surface area contributed by atoms with Crippen LogP contribution in [0.15, 0.2) is 24.3 Å². The Kier molecular flexibility index (Phi) is 6.23. The van der Waals surface area contributed by atoms with Crippen molar-refractivity contribution in [1.29, 1.82) is 5.26 Å². The highest BCUT2D eigenvalue weighted by Crippen LogP contribution is 2.64. The first-order chi connectivity index (χ1) is 17.8. The molecule has 204 valence electrons. The average Bonchev–Trinajstić information content (AvgIpc) is 3.56. The van der Waals surface area contributed by atoms with Gasteiger partial charge in [0.2, 0.25) is 11.8 Å². The number of hydrogen-bond donors (Lipinski definition) is 2. The molecule has 0 unspecified atom stereocenters. The SMILES string of the molecule is CC1(C)[C@@H]2[C@@H](C(=O)N[C@H](C#N)C[C@@H]3CC4(CC4)NC3=O)N(C(=O)COc3ccc(OC(F)(F)F)cc3)C[C@@H]21. The minimum absolute atomic E-state index is 0.0749. The lowest BCUT2D eigenvalue weighted by Crippen LogP contribution is -2.53. The number of alkyl halides is 3. The number of amides is 3. The molecule has 5 rings (SSSR count). The van der Waals surface area contributed by atoms with E-state index >= 15 is 0 Å². The topological polar surface area (TPSA) is 121 Å².